The van der Waals surface area contributed by atoms with Crippen LogP contribution in [-0.4, -0.2) is 48.0 Å². The summed E-state index contributed by atoms with van der Waals surface area (Å²) in [5.41, 5.74) is 4.93. The van der Waals surface area contributed by atoms with Gasteiger partial charge < -0.3 is 20.1 Å². The lowest BCUT2D eigenvalue weighted by molar-refractivity contribution is -0.129. The third-order valence-electron chi connectivity index (χ3n) is 5.92. The van der Waals surface area contributed by atoms with Crippen LogP contribution in [0.15, 0.2) is 60.7 Å². The van der Waals surface area contributed by atoms with Crippen molar-refractivity contribution in [3.8, 4) is 11.5 Å². The lowest BCUT2D eigenvalue weighted by Gasteiger charge is -2.37. The first kappa shape index (κ1) is 22.7. The molecule has 2 amide bonds. The van der Waals surface area contributed by atoms with E-state index in [2.05, 4.69) is 26.5 Å². The fourth-order valence-electron chi connectivity index (χ4n) is 4.24. The number of aryl methyl sites for hydroxylation is 1. The van der Waals surface area contributed by atoms with E-state index in [4.69, 9.17) is 9.47 Å². The van der Waals surface area contributed by atoms with E-state index in [0.717, 1.165) is 5.69 Å². The highest BCUT2D eigenvalue weighted by Crippen LogP contribution is 2.27. The number of methoxy groups -OCH3 is 1. The second-order valence-corrected chi connectivity index (χ2v) is 8.32. The number of hydrogen-bond acceptors (Lipinski definition) is 8. The van der Waals surface area contributed by atoms with Gasteiger partial charge in [0.15, 0.2) is 12.9 Å². The smallest absolute Gasteiger partial charge is 0.263 e. The van der Waals surface area contributed by atoms with E-state index in [1.54, 1.807) is 42.1 Å². The zero-order valence-electron chi connectivity index (χ0n) is 19.4. The monoisotopic (exact) mass is 477 g/mol. The Kier molecular flexibility index (Phi) is 6.25. The van der Waals surface area contributed by atoms with Crippen LogP contribution in [0.3, 0.4) is 0 Å². The number of carbonyl (C=O) groups is 2. The first-order valence-electron chi connectivity index (χ1n) is 11.3. The average molecular weight is 478 g/mol. The summed E-state index contributed by atoms with van der Waals surface area (Å²) in [5, 5.41) is 15.7. The van der Waals surface area contributed by atoms with E-state index in [0.29, 0.717) is 29.6 Å². The number of ether oxygens (including phenoxy) is 2. The van der Waals surface area contributed by atoms with Crippen molar-refractivity contribution in [3.63, 3.8) is 0 Å². The van der Waals surface area contributed by atoms with Crippen LogP contribution in [0.4, 0.5) is 11.5 Å². The predicted molar refractivity (Wildman–Crippen MR) is 129 cm³/mol. The lowest BCUT2D eigenvalue weighted by Crippen LogP contribution is -2.61. The molecule has 0 aliphatic carbocycles. The second-order valence-electron chi connectivity index (χ2n) is 8.32. The molecule has 2 fully saturated rings. The molecule has 182 valence electrons. The van der Waals surface area contributed by atoms with Crippen LogP contribution in [0.25, 0.3) is 0 Å². The summed E-state index contributed by atoms with van der Waals surface area (Å²) in [7, 11) is 1.58. The van der Waals surface area contributed by atoms with Crippen molar-refractivity contribution in [2.45, 2.75) is 19.4 Å². The van der Waals surface area contributed by atoms with E-state index >= 15 is 0 Å². The summed E-state index contributed by atoms with van der Waals surface area (Å²) >= 11 is 0. The fourth-order valence-corrected chi connectivity index (χ4v) is 4.24. The highest BCUT2D eigenvalue weighted by Gasteiger charge is 2.45. The maximum atomic E-state index is 12.9. The largest absolute Gasteiger partial charge is 0.497 e. The molecule has 3 aromatic rings. The zero-order valence-corrected chi connectivity index (χ0v) is 19.4. The zero-order chi connectivity index (χ0) is 24.4. The van der Waals surface area contributed by atoms with Crippen LogP contribution >= 0.6 is 0 Å². The van der Waals surface area contributed by atoms with Crippen molar-refractivity contribution >= 4 is 23.3 Å². The van der Waals surface area contributed by atoms with Gasteiger partial charge in [0.2, 0.25) is 5.91 Å². The topological polar surface area (TPSA) is 122 Å². The minimum absolute atomic E-state index is 0.0991. The van der Waals surface area contributed by atoms with Gasteiger partial charge in [-0.25, -0.2) is 10.1 Å². The van der Waals surface area contributed by atoms with E-state index < -0.39 is 6.29 Å². The van der Waals surface area contributed by atoms with Gasteiger partial charge in [-0.1, -0.05) is 18.2 Å². The van der Waals surface area contributed by atoms with Crippen LogP contribution in [0.2, 0.25) is 0 Å². The number of fused-ring (bicyclic) bond motifs is 1. The van der Waals surface area contributed by atoms with Crippen LogP contribution in [0.5, 0.6) is 11.5 Å². The minimum atomic E-state index is -0.652. The van der Waals surface area contributed by atoms with E-state index in [1.165, 1.54) is 0 Å². The number of nitrogens with one attached hydrogen (secondary N) is 4. The van der Waals surface area contributed by atoms with Gasteiger partial charge in [-0.2, -0.15) is 5.10 Å². The van der Waals surface area contributed by atoms with Crippen molar-refractivity contribution in [1.29, 1.82) is 0 Å². The number of aromatic nitrogens is 2. The van der Waals surface area contributed by atoms with E-state index in [1.807, 2.05) is 42.3 Å². The minimum Gasteiger partial charge on any atom is -0.497 e. The molecular weight excluding hydrogens is 450 g/mol. The van der Waals surface area contributed by atoms with Crippen molar-refractivity contribution < 1.29 is 19.1 Å². The number of carbonyl (C=O) groups excluding carboxylic acids is 2. The summed E-state index contributed by atoms with van der Waals surface area (Å²) in [6, 6.07) is 18.5. The maximum Gasteiger partial charge on any atom is 0.263 e. The van der Waals surface area contributed by atoms with Gasteiger partial charge in [-0.3, -0.25) is 19.9 Å². The molecule has 3 unspecified atom stereocenters. The van der Waals surface area contributed by atoms with E-state index in [9.17, 15) is 9.59 Å². The Morgan fingerprint density at radius 1 is 1.14 bits per heavy atom. The van der Waals surface area contributed by atoms with Crippen LogP contribution in [0, 0.1) is 12.8 Å². The Balaban J connectivity index is 1.28. The number of hydrazine groups is 1. The highest BCUT2D eigenvalue weighted by atomic mass is 16.5. The molecule has 0 saturated carbocycles. The van der Waals surface area contributed by atoms with Crippen LogP contribution in [-0.2, 0) is 9.59 Å². The molecule has 0 bridgehead atoms. The first-order valence-corrected chi connectivity index (χ1v) is 11.3. The molecule has 2 aliphatic heterocycles. The van der Waals surface area contributed by atoms with E-state index in [-0.39, 0.29) is 30.5 Å². The normalized spacial score (nSPS) is 21.3. The number of para-hydroxylation sites is 1. The molecule has 35 heavy (non-hydrogen) atoms. The van der Waals surface area contributed by atoms with Gasteiger partial charge in [0.25, 0.3) is 5.91 Å². The van der Waals surface area contributed by atoms with Crippen molar-refractivity contribution in [1.82, 2.24) is 25.8 Å². The third kappa shape index (κ3) is 4.77. The Morgan fingerprint density at radius 3 is 2.63 bits per heavy atom. The molecule has 5 rings (SSSR count). The summed E-state index contributed by atoms with van der Waals surface area (Å²) < 4.78 is 12.3. The van der Waals surface area contributed by atoms with Gasteiger partial charge in [-0.15, -0.1) is 0 Å². The standard InChI is InChI=1S/C24H27N7O4/c1-15-12-20(26-21(32)14-35-18-10-8-17(34-2)9-11-18)31(29-15)24-27-22-19(23(33)28-24)13-25-30(22)16-6-4-3-5-7-16/h3-12,19,22,24-25,27H,13-14H2,1-2H3,(H,26,32)(H,28,33). The summed E-state index contributed by atoms with van der Waals surface area (Å²) in [4.78, 5) is 25.5. The molecule has 11 heteroatoms. The Labute approximate surface area is 202 Å². The Morgan fingerprint density at radius 2 is 1.89 bits per heavy atom. The van der Waals surface area contributed by atoms with Gasteiger partial charge in [0.1, 0.15) is 23.5 Å². The summed E-state index contributed by atoms with van der Waals surface area (Å²) in [5.74, 6) is 0.966. The number of nitrogens with zero attached hydrogens (tertiary/aromatic N) is 3. The first-order chi connectivity index (χ1) is 17.0. The Hall–Kier alpha value is -4.09. The van der Waals surface area contributed by atoms with Crippen LogP contribution < -0.4 is 35.9 Å². The van der Waals surface area contributed by atoms with Crippen molar-refractivity contribution in [2.75, 3.05) is 30.6 Å². The number of rotatable bonds is 7. The number of amides is 2. The highest BCUT2D eigenvalue weighted by molar-refractivity contribution is 5.91. The average Bonchev–Trinajstić information content (AvgIpc) is 3.47. The van der Waals surface area contributed by atoms with Crippen molar-refractivity contribution in [3.05, 3.63) is 66.4 Å². The molecular formula is C24H27N7O4. The Bertz CT molecular complexity index is 1200. The molecule has 11 nitrogen and oxygen atoms in total. The molecule has 3 heterocycles. The maximum absolute atomic E-state index is 12.9. The lowest BCUT2D eigenvalue weighted by atomic mass is 10.0. The van der Waals surface area contributed by atoms with Crippen molar-refractivity contribution in [2.24, 2.45) is 5.92 Å². The number of benzene rings is 2. The molecule has 0 radical (unpaired) electrons. The molecule has 3 atom stereocenters. The summed E-state index contributed by atoms with van der Waals surface area (Å²) in [6.07, 6.45) is -0.941. The quantitative estimate of drug-likeness (QED) is 0.403. The van der Waals surface area contributed by atoms with Crippen LogP contribution in [0.1, 0.15) is 12.0 Å². The van der Waals surface area contributed by atoms with Gasteiger partial charge in [0, 0.05) is 12.6 Å². The number of anilines is 2. The molecule has 2 aromatic carbocycles. The van der Waals surface area contributed by atoms with Gasteiger partial charge in [0.05, 0.1) is 24.4 Å². The molecule has 2 aliphatic rings. The SMILES string of the molecule is COc1ccc(OCC(=O)Nc2cc(C)nn2C2NC(=O)C3CNN(c4ccccc4)C3N2)cc1. The number of hydrogen-bond donors (Lipinski definition) is 4. The summed E-state index contributed by atoms with van der Waals surface area (Å²) in [6.45, 7) is 2.15. The molecule has 4 N–H and O–H groups in total. The van der Waals surface area contributed by atoms with Gasteiger partial charge in [-0.05, 0) is 43.3 Å². The molecule has 2 saturated heterocycles. The second kappa shape index (κ2) is 9.65. The predicted octanol–water partition coefficient (Wildman–Crippen LogP) is 1.36. The van der Waals surface area contributed by atoms with Gasteiger partial charge >= 0.3 is 0 Å². The molecule has 1 aromatic heterocycles. The molecule has 0 spiro atoms. The third-order valence-corrected chi connectivity index (χ3v) is 5.92. The fraction of sp³-hybridized carbons (Fsp3) is 0.292.